The van der Waals surface area contributed by atoms with Crippen LogP contribution in [0.1, 0.15) is 25.3 Å². The van der Waals surface area contributed by atoms with Gasteiger partial charge in [-0.25, -0.2) is 0 Å². The van der Waals surface area contributed by atoms with Crippen molar-refractivity contribution in [2.45, 2.75) is 31.1 Å². The first kappa shape index (κ1) is 14.9. The van der Waals surface area contributed by atoms with Crippen molar-refractivity contribution >= 4 is 11.8 Å². The molecule has 5 nitrogen and oxygen atoms in total. The Labute approximate surface area is 122 Å². The fourth-order valence-electron chi connectivity index (χ4n) is 1.56. The van der Waals surface area contributed by atoms with Gasteiger partial charge >= 0.3 is 0 Å². The second-order valence-corrected chi connectivity index (χ2v) is 6.02. The monoisotopic (exact) mass is 294 g/mol. The zero-order valence-corrected chi connectivity index (χ0v) is 12.6. The van der Waals surface area contributed by atoms with Gasteiger partial charge in [-0.05, 0) is 31.5 Å². The van der Waals surface area contributed by atoms with Gasteiger partial charge in [-0.3, -0.25) is 0 Å². The van der Waals surface area contributed by atoms with Crippen LogP contribution < -0.4 is 4.74 Å². The lowest BCUT2D eigenvalue weighted by atomic mass is 10.1. The summed E-state index contributed by atoms with van der Waals surface area (Å²) in [6.45, 7) is 3.49. The minimum absolute atomic E-state index is 0.477. The lowest BCUT2D eigenvalue weighted by Crippen LogP contribution is -2.21. The molecule has 0 amide bonds. The number of benzene rings is 1. The quantitative estimate of drug-likeness (QED) is 0.826. The van der Waals surface area contributed by atoms with E-state index in [1.807, 2.05) is 24.3 Å². The fourth-order valence-corrected chi connectivity index (χ4v) is 2.29. The van der Waals surface area contributed by atoms with Crippen LogP contribution >= 0.6 is 11.8 Å². The van der Waals surface area contributed by atoms with Crippen LogP contribution in [0.25, 0.3) is 0 Å². The highest BCUT2D eigenvalue weighted by Crippen LogP contribution is 2.22. The van der Waals surface area contributed by atoms with Crippen LogP contribution in [0.2, 0.25) is 0 Å². The fraction of sp³-hybridized carbons (Fsp3) is 0.429. The average molecular weight is 294 g/mol. The summed E-state index contributed by atoms with van der Waals surface area (Å²) in [5.41, 5.74) is 0.290. The predicted molar refractivity (Wildman–Crippen MR) is 77.1 cm³/mol. The first-order valence-corrected chi connectivity index (χ1v) is 7.25. The highest BCUT2D eigenvalue weighted by Gasteiger charge is 2.16. The molecule has 0 aliphatic rings. The molecular formula is C14H18N2O3S. The molecule has 20 heavy (non-hydrogen) atoms. The Kier molecular flexibility index (Phi) is 4.67. The second-order valence-electron chi connectivity index (χ2n) is 5.09. The molecule has 0 spiro atoms. The molecule has 2 rings (SSSR count). The van der Waals surface area contributed by atoms with E-state index >= 15 is 0 Å². The van der Waals surface area contributed by atoms with Gasteiger partial charge in [0.1, 0.15) is 5.75 Å². The molecule has 0 unspecified atom stereocenters. The smallest absolute Gasteiger partial charge is 0.276 e. The maximum absolute atomic E-state index is 9.65. The Morgan fingerprint density at radius 3 is 2.85 bits per heavy atom. The van der Waals surface area contributed by atoms with Gasteiger partial charge in [0.25, 0.3) is 5.22 Å². The van der Waals surface area contributed by atoms with E-state index in [2.05, 4.69) is 10.2 Å². The first-order valence-electron chi connectivity index (χ1n) is 6.27. The van der Waals surface area contributed by atoms with Gasteiger partial charge in [0.2, 0.25) is 5.89 Å². The van der Waals surface area contributed by atoms with Gasteiger partial charge in [-0.2, -0.15) is 0 Å². The largest absolute Gasteiger partial charge is 0.497 e. The van der Waals surface area contributed by atoms with E-state index in [1.165, 1.54) is 11.8 Å². The van der Waals surface area contributed by atoms with Gasteiger partial charge in [-0.1, -0.05) is 23.9 Å². The van der Waals surface area contributed by atoms with E-state index in [-0.39, 0.29) is 0 Å². The Morgan fingerprint density at radius 2 is 2.15 bits per heavy atom. The number of rotatable bonds is 6. The van der Waals surface area contributed by atoms with Crippen LogP contribution in [-0.2, 0) is 6.42 Å². The number of aliphatic hydroxyl groups is 1. The van der Waals surface area contributed by atoms with Crippen molar-refractivity contribution in [3.05, 3.63) is 35.7 Å². The third-order valence-electron chi connectivity index (χ3n) is 2.49. The summed E-state index contributed by atoms with van der Waals surface area (Å²) in [7, 11) is 1.64. The molecule has 1 aromatic carbocycles. The number of nitrogens with zero attached hydrogens (tertiary/aromatic N) is 2. The summed E-state index contributed by atoms with van der Waals surface area (Å²) in [4.78, 5) is 0. The zero-order chi connectivity index (χ0) is 14.6. The summed E-state index contributed by atoms with van der Waals surface area (Å²) in [5, 5.41) is 18.1. The van der Waals surface area contributed by atoms with Crippen LogP contribution in [0.3, 0.4) is 0 Å². The maximum atomic E-state index is 9.65. The molecule has 108 valence electrons. The van der Waals surface area contributed by atoms with Crippen molar-refractivity contribution in [2.75, 3.05) is 12.9 Å². The lowest BCUT2D eigenvalue weighted by molar-refractivity contribution is 0.106. The average Bonchev–Trinajstić information content (AvgIpc) is 2.83. The number of thioether (sulfide) groups is 1. The van der Waals surface area contributed by atoms with Gasteiger partial charge in [-0.15, -0.1) is 10.2 Å². The number of ether oxygens (including phenoxy) is 1. The van der Waals surface area contributed by atoms with Crippen LogP contribution in [0.4, 0.5) is 0 Å². The molecule has 1 N–H and O–H groups in total. The van der Waals surface area contributed by atoms with Crippen LogP contribution in [0.5, 0.6) is 5.75 Å². The molecule has 0 bridgehead atoms. The Hall–Kier alpha value is -1.53. The van der Waals surface area contributed by atoms with Gasteiger partial charge in [0.05, 0.1) is 19.1 Å². The van der Waals surface area contributed by atoms with Gasteiger partial charge in [0.15, 0.2) is 0 Å². The summed E-state index contributed by atoms with van der Waals surface area (Å²) >= 11 is 1.35. The topological polar surface area (TPSA) is 68.4 Å². The number of hydrogen-bond donors (Lipinski definition) is 1. The van der Waals surface area contributed by atoms with E-state index in [0.717, 1.165) is 11.3 Å². The normalized spacial score (nSPS) is 11.6. The van der Waals surface area contributed by atoms with Crippen molar-refractivity contribution in [1.29, 1.82) is 0 Å². The summed E-state index contributed by atoms with van der Waals surface area (Å²) in [6.07, 6.45) is 0.563. The Morgan fingerprint density at radius 1 is 1.35 bits per heavy atom. The Bertz CT molecular complexity index is 564. The molecule has 6 heteroatoms. The molecule has 2 aromatic rings. The third kappa shape index (κ3) is 4.54. The molecule has 0 aliphatic heterocycles. The van der Waals surface area contributed by atoms with Crippen molar-refractivity contribution in [3.63, 3.8) is 0 Å². The molecule has 0 saturated heterocycles. The molecule has 0 radical (unpaired) electrons. The maximum Gasteiger partial charge on any atom is 0.276 e. The highest BCUT2D eigenvalue weighted by atomic mass is 32.2. The number of aromatic nitrogens is 2. The van der Waals surface area contributed by atoms with Gasteiger partial charge < -0.3 is 14.3 Å². The molecule has 0 aliphatic carbocycles. The Balaban J connectivity index is 1.98. The third-order valence-corrected chi connectivity index (χ3v) is 3.75. The van der Waals surface area contributed by atoms with Gasteiger partial charge in [0, 0.05) is 5.75 Å². The SMILES string of the molecule is COc1cccc(Cc2nnc(SCC(C)(C)O)o2)c1. The number of hydrogen-bond acceptors (Lipinski definition) is 6. The summed E-state index contributed by atoms with van der Waals surface area (Å²) in [5.74, 6) is 1.86. The standard InChI is InChI=1S/C14H18N2O3S/c1-14(2,17)9-20-13-16-15-12(19-13)8-10-5-4-6-11(7-10)18-3/h4-7,17H,8-9H2,1-3H3. The zero-order valence-electron chi connectivity index (χ0n) is 11.8. The highest BCUT2D eigenvalue weighted by molar-refractivity contribution is 7.99. The molecule has 0 saturated carbocycles. The predicted octanol–water partition coefficient (Wildman–Crippen LogP) is 2.53. The van der Waals surface area contributed by atoms with E-state index in [4.69, 9.17) is 9.15 Å². The molecule has 0 fully saturated rings. The van der Waals surface area contributed by atoms with Crippen molar-refractivity contribution in [1.82, 2.24) is 10.2 Å². The molecular weight excluding hydrogens is 276 g/mol. The molecule has 1 heterocycles. The van der Waals surface area contributed by atoms with E-state index in [0.29, 0.717) is 23.3 Å². The first-order chi connectivity index (χ1) is 9.46. The summed E-state index contributed by atoms with van der Waals surface area (Å²) in [6, 6.07) is 7.74. The van der Waals surface area contributed by atoms with Crippen molar-refractivity contribution in [2.24, 2.45) is 0 Å². The van der Waals surface area contributed by atoms with Crippen LogP contribution in [0, 0.1) is 0 Å². The second kappa shape index (κ2) is 6.28. The summed E-state index contributed by atoms with van der Waals surface area (Å²) < 4.78 is 10.7. The molecule has 0 atom stereocenters. The molecule has 1 aromatic heterocycles. The van der Waals surface area contributed by atoms with E-state index in [1.54, 1.807) is 21.0 Å². The van der Waals surface area contributed by atoms with Crippen LogP contribution in [-0.4, -0.2) is 33.8 Å². The number of methoxy groups -OCH3 is 1. The van der Waals surface area contributed by atoms with Crippen molar-refractivity contribution < 1.29 is 14.3 Å². The van der Waals surface area contributed by atoms with Crippen LogP contribution in [0.15, 0.2) is 33.9 Å². The minimum atomic E-state index is -0.758. The van der Waals surface area contributed by atoms with E-state index < -0.39 is 5.60 Å². The minimum Gasteiger partial charge on any atom is -0.497 e. The van der Waals surface area contributed by atoms with E-state index in [9.17, 15) is 5.11 Å². The lowest BCUT2D eigenvalue weighted by Gasteiger charge is -2.13. The van der Waals surface area contributed by atoms with Crippen molar-refractivity contribution in [3.8, 4) is 5.75 Å².